The number of amides is 1. The van der Waals surface area contributed by atoms with Crippen LogP contribution in [0.4, 0.5) is 0 Å². The zero-order valence-electron chi connectivity index (χ0n) is 13.1. The van der Waals surface area contributed by atoms with Crippen LogP contribution in [0.5, 0.6) is 11.5 Å². The SMILES string of the molecule is CCOc1ccc(C(=O)N[C@H](C)c2cccs2)cc1OCC. The second-order valence-corrected chi connectivity index (χ2v) is 5.72. The van der Waals surface area contributed by atoms with E-state index >= 15 is 0 Å². The summed E-state index contributed by atoms with van der Waals surface area (Å²) < 4.78 is 11.1. The predicted octanol–water partition coefficient (Wildman–Crippen LogP) is 4.04. The van der Waals surface area contributed by atoms with Gasteiger partial charge in [0.05, 0.1) is 19.3 Å². The van der Waals surface area contributed by atoms with Crippen LogP contribution in [0.3, 0.4) is 0 Å². The Morgan fingerprint density at radius 3 is 2.55 bits per heavy atom. The molecule has 0 radical (unpaired) electrons. The van der Waals surface area contributed by atoms with Gasteiger partial charge in [0.25, 0.3) is 5.91 Å². The summed E-state index contributed by atoms with van der Waals surface area (Å²) >= 11 is 1.63. The molecular weight excluding hydrogens is 298 g/mol. The average Bonchev–Trinajstić information content (AvgIpc) is 3.04. The van der Waals surface area contributed by atoms with Gasteiger partial charge in [0, 0.05) is 10.4 Å². The summed E-state index contributed by atoms with van der Waals surface area (Å²) in [6.07, 6.45) is 0. The highest BCUT2D eigenvalue weighted by Crippen LogP contribution is 2.29. The molecule has 0 saturated carbocycles. The van der Waals surface area contributed by atoms with E-state index in [4.69, 9.17) is 9.47 Å². The van der Waals surface area contributed by atoms with Crippen LogP contribution in [0.15, 0.2) is 35.7 Å². The molecule has 4 nitrogen and oxygen atoms in total. The van der Waals surface area contributed by atoms with Gasteiger partial charge < -0.3 is 14.8 Å². The molecule has 0 saturated heterocycles. The van der Waals surface area contributed by atoms with Crippen molar-refractivity contribution in [2.75, 3.05) is 13.2 Å². The molecule has 1 N–H and O–H groups in total. The first-order valence-electron chi connectivity index (χ1n) is 7.39. The van der Waals surface area contributed by atoms with Gasteiger partial charge in [-0.15, -0.1) is 11.3 Å². The minimum atomic E-state index is -0.120. The van der Waals surface area contributed by atoms with Crippen LogP contribution in [0.1, 0.15) is 42.0 Å². The lowest BCUT2D eigenvalue weighted by molar-refractivity contribution is 0.0940. The van der Waals surface area contributed by atoms with Gasteiger partial charge in [-0.2, -0.15) is 0 Å². The third kappa shape index (κ3) is 4.01. The number of nitrogens with one attached hydrogen (secondary N) is 1. The Labute approximate surface area is 135 Å². The summed E-state index contributed by atoms with van der Waals surface area (Å²) in [5, 5.41) is 5.00. The number of thiophene rings is 1. The molecule has 118 valence electrons. The van der Waals surface area contributed by atoms with Gasteiger partial charge in [0.15, 0.2) is 11.5 Å². The molecule has 1 aromatic heterocycles. The van der Waals surface area contributed by atoms with Gasteiger partial charge in [0.2, 0.25) is 0 Å². The number of hydrogen-bond donors (Lipinski definition) is 1. The van der Waals surface area contributed by atoms with E-state index in [1.165, 1.54) is 0 Å². The number of ether oxygens (including phenoxy) is 2. The number of rotatable bonds is 7. The van der Waals surface area contributed by atoms with Crippen LogP contribution in [-0.4, -0.2) is 19.1 Å². The summed E-state index contributed by atoms with van der Waals surface area (Å²) in [7, 11) is 0. The van der Waals surface area contributed by atoms with Crippen molar-refractivity contribution < 1.29 is 14.3 Å². The normalized spacial score (nSPS) is 11.8. The Bertz CT molecular complexity index is 610. The lowest BCUT2D eigenvalue weighted by Crippen LogP contribution is -2.26. The van der Waals surface area contributed by atoms with E-state index in [0.717, 1.165) is 4.88 Å². The van der Waals surface area contributed by atoms with Crippen LogP contribution >= 0.6 is 11.3 Å². The van der Waals surface area contributed by atoms with Crippen molar-refractivity contribution in [1.29, 1.82) is 0 Å². The van der Waals surface area contributed by atoms with E-state index in [1.807, 2.05) is 38.3 Å². The minimum Gasteiger partial charge on any atom is -0.490 e. The zero-order chi connectivity index (χ0) is 15.9. The molecule has 5 heteroatoms. The third-order valence-corrected chi connectivity index (χ3v) is 4.18. The molecule has 0 bridgehead atoms. The van der Waals surface area contributed by atoms with Crippen molar-refractivity contribution in [1.82, 2.24) is 5.32 Å². The van der Waals surface area contributed by atoms with Crippen LogP contribution < -0.4 is 14.8 Å². The lowest BCUT2D eigenvalue weighted by Gasteiger charge is -2.15. The van der Waals surface area contributed by atoms with E-state index in [1.54, 1.807) is 29.5 Å². The molecule has 1 amide bonds. The van der Waals surface area contributed by atoms with Gasteiger partial charge in [-0.05, 0) is 50.4 Å². The zero-order valence-corrected chi connectivity index (χ0v) is 13.9. The molecule has 0 unspecified atom stereocenters. The van der Waals surface area contributed by atoms with Crippen molar-refractivity contribution in [3.05, 3.63) is 46.2 Å². The first-order chi connectivity index (χ1) is 10.7. The monoisotopic (exact) mass is 319 g/mol. The fourth-order valence-corrected chi connectivity index (χ4v) is 2.82. The predicted molar refractivity (Wildman–Crippen MR) is 89.0 cm³/mol. The molecule has 0 aliphatic carbocycles. The molecule has 1 atom stereocenters. The average molecular weight is 319 g/mol. The summed E-state index contributed by atoms with van der Waals surface area (Å²) in [4.78, 5) is 13.5. The van der Waals surface area contributed by atoms with Crippen LogP contribution in [0.2, 0.25) is 0 Å². The number of carbonyl (C=O) groups is 1. The molecule has 22 heavy (non-hydrogen) atoms. The van der Waals surface area contributed by atoms with Crippen LogP contribution in [-0.2, 0) is 0 Å². The van der Waals surface area contributed by atoms with Crippen LogP contribution in [0, 0.1) is 0 Å². The quantitative estimate of drug-likeness (QED) is 0.838. The van der Waals surface area contributed by atoms with E-state index in [0.29, 0.717) is 30.3 Å². The first-order valence-corrected chi connectivity index (χ1v) is 8.27. The van der Waals surface area contributed by atoms with E-state index < -0.39 is 0 Å². The number of benzene rings is 1. The van der Waals surface area contributed by atoms with Crippen molar-refractivity contribution in [3.8, 4) is 11.5 Å². The fraction of sp³-hybridized carbons (Fsp3) is 0.353. The molecule has 0 aliphatic rings. The topological polar surface area (TPSA) is 47.6 Å². The summed E-state index contributed by atoms with van der Waals surface area (Å²) in [5.41, 5.74) is 0.565. The van der Waals surface area contributed by atoms with Crippen molar-refractivity contribution in [3.63, 3.8) is 0 Å². The summed E-state index contributed by atoms with van der Waals surface area (Å²) in [5.74, 6) is 1.14. The molecule has 2 aromatic rings. The maximum atomic E-state index is 12.4. The minimum absolute atomic E-state index is 0.0189. The molecule has 0 aliphatic heterocycles. The van der Waals surface area contributed by atoms with Gasteiger partial charge >= 0.3 is 0 Å². The second kappa shape index (κ2) is 7.84. The highest BCUT2D eigenvalue weighted by molar-refractivity contribution is 7.10. The number of carbonyl (C=O) groups excluding carboxylic acids is 1. The third-order valence-electron chi connectivity index (χ3n) is 3.12. The summed E-state index contributed by atoms with van der Waals surface area (Å²) in [6.45, 7) is 6.87. The standard InChI is InChI=1S/C17H21NO3S/c1-4-20-14-9-8-13(11-15(14)21-5-2)17(19)18-12(3)16-7-6-10-22-16/h6-12H,4-5H2,1-3H3,(H,18,19)/t12-/m1/s1. The fourth-order valence-electron chi connectivity index (χ4n) is 2.08. The van der Waals surface area contributed by atoms with Crippen molar-refractivity contribution >= 4 is 17.2 Å². The Morgan fingerprint density at radius 1 is 1.18 bits per heavy atom. The van der Waals surface area contributed by atoms with Crippen molar-refractivity contribution in [2.24, 2.45) is 0 Å². The first kappa shape index (κ1) is 16.4. The molecule has 2 rings (SSSR count). The second-order valence-electron chi connectivity index (χ2n) is 4.74. The molecule has 0 fully saturated rings. The van der Waals surface area contributed by atoms with Crippen molar-refractivity contribution in [2.45, 2.75) is 26.8 Å². The van der Waals surface area contributed by atoms with Crippen LogP contribution in [0.25, 0.3) is 0 Å². The van der Waals surface area contributed by atoms with Gasteiger partial charge in [-0.3, -0.25) is 4.79 Å². The highest BCUT2D eigenvalue weighted by atomic mass is 32.1. The smallest absolute Gasteiger partial charge is 0.251 e. The molecule has 1 heterocycles. The highest BCUT2D eigenvalue weighted by Gasteiger charge is 2.15. The van der Waals surface area contributed by atoms with E-state index in [-0.39, 0.29) is 11.9 Å². The molecule has 1 aromatic carbocycles. The van der Waals surface area contributed by atoms with Gasteiger partial charge in [0.1, 0.15) is 0 Å². The molecular formula is C17H21NO3S. The van der Waals surface area contributed by atoms with E-state index in [9.17, 15) is 4.79 Å². The number of hydrogen-bond acceptors (Lipinski definition) is 4. The summed E-state index contributed by atoms with van der Waals surface area (Å²) in [6, 6.07) is 9.23. The van der Waals surface area contributed by atoms with Gasteiger partial charge in [-0.1, -0.05) is 6.07 Å². The Morgan fingerprint density at radius 2 is 1.91 bits per heavy atom. The Balaban J connectivity index is 2.13. The Hall–Kier alpha value is -2.01. The van der Waals surface area contributed by atoms with E-state index in [2.05, 4.69) is 5.32 Å². The van der Waals surface area contributed by atoms with Gasteiger partial charge in [-0.25, -0.2) is 0 Å². The Kier molecular flexibility index (Phi) is 5.83. The maximum absolute atomic E-state index is 12.4. The lowest BCUT2D eigenvalue weighted by atomic mass is 10.1. The largest absolute Gasteiger partial charge is 0.490 e. The molecule has 0 spiro atoms. The maximum Gasteiger partial charge on any atom is 0.251 e.